The molecule has 0 saturated carbocycles. The Kier molecular flexibility index (Phi) is 7.57. The number of nitrogens with zero attached hydrogens (tertiary/aromatic N) is 1. The molecule has 0 aromatic rings. The largest absolute Gasteiger partial charge is 0.469 e. The van der Waals surface area contributed by atoms with Gasteiger partial charge in [0.05, 0.1) is 20.1 Å². The lowest BCUT2D eigenvalue weighted by Gasteiger charge is -2.17. The third-order valence-electron chi connectivity index (χ3n) is 2.13. The van der Waals surface area contributed by atoms with Crippen molar-refractivity contribution in [1.29, 1.82) is 0 Å². The molecular formula is C10H21N3O5S. The van der Waals surface area contributed by atoms with Crippen LogP contribution in [0.1, 0.15) is 20.3 Å². The summed E-state index contributed by atoms with van der Waals surface area (Å²) in [6.07, 6.45) is -0.0495. The highest BCUT2D eigenvalue weighted by atomic mass is 32.2. The normalized spacial score (nSPS) is 11.7. The summed E-state index contributed by atoms with van der Waals surface area (Å²) >= 11 is 0. The van der Waals surface area contributed by atoms with Crippen molar-refractivity contribution in [2.45, 2.75) is 26.3 Å². The Labute approximate surface area is 113 Å². The van der Waals surface area contributed by atoms with Crippen LogP contribution in [0.4, 0.5) is 0 Å². The second-order valence-electron chi connectivity index (χ2n) is 4.20. The highest BCUT2D eigenvalue weighted by molar-refractivity contribution is 7.87. The van der Waals surface area contributed by atoms with Gasteiger partial charge in [0.1, 0.15) is 0 Å². The molecule has 0 aliphatic rings. The van der Waals surface area contributed by atoms with Crippen molar-refractivity contribution in [2.75, 3.05) is 27.2 Å². The van der Waals surface area contributed by atoms with Gasteiger partial charge in [-0.3, -0.25) is 9.59 Å². The summed E-state index contributed by atoms with van der Waals surface area (Å²) in [6.45, 7) is 3.18. The van der Waals surface area contributed by atoms with Crippen molar-refractivity contribution >= 4 is 22.1 Å². The van der Waals surface area contributed by atoms with Crippen LogP contribution in [0.5, 0.6) is 0 Å². The first-order valence-corrected chi connectivity index (χ1v) is 7.20. The lowest BCUT2D eigenvalue weighted by Crippen LogP contribution is -2.45. The van der Waals surface area contributed by atoms with Crippen molar-refractivity contribution in [3.8, 4) is 0 Å². The summed E-state index contributed by atoms with van der Waals surface area (Å²) in [5.74, 6) is -0.917. The number of rotatable bonds is 8. The average molecular weight is 295 g/mol. The van der Waals surface area contributed by atoms with Gasteiger partial charge in [-0.1, -0.05) is 0 Å². The lowest BCUT2D eigenvalue weighted by molar-refractivity contribution is -0.140. The Hall–Kier alpha value is -1.19. The van der Waals surface area contributed by atoms with E-state index in [-0.39, 0.29) is 25.6 Å². The van der Waals surface area contributed by atoms with Gasteiger partial charge < -0.3 is 10.1 Å². The second-order valence-corrected chi connectivity index (χ2v) is 6.06. The molecule has 0 aromatic carbocycles. The minimum absolute atomic E-state index is 0.0200. The summed E-state index contributed by atoms with van der Waals surface area (Å²) in [6, 6.07) is -0.0611. The van der Waals surface area contributed by atoms with Crippen molar-refractivity contribution in [3.05, 3.63) is 0 Å². The first kappa shape index (κ1) is 17.8. The van der Waals surface area contributed by atoms with Crippen LogP contribution in [-0.2, 0) is 24.5 Å². The van der Waals surface area contributed by atoms with E-state index in [0.29, 0.717) is 0 Å². The number of methoxy groups -OCH3 is 1. The minimum Gasteiger partial charge on any atom is -0.469 e. The average Bonchev–Trinajstić information content (AvgIpc) is 2.32. The van der Waals surface area contributed by atoms with Gasteiger partial charge in [-0.25, -0.2) is 0 Å². The highest BCUT2D eigenvalue weighted by Crippen LogP contribution is 1.96. The highest BCUT2D eigenvalue weighted by Gasteiger charge is 2.19. The van der Waals surface area contributed by atoms with Gasteiger partial charge in [-0.05, 0) is 13.8 Å². The third kappa shape index (κ3) is 7.75. The second kappa shape index (κ2) is 8.08. The molecule has 1 amide bonds. The molecule has 0 heterocycles. The summed E-state index contributed by atoms with van der Waals surface area (Å²) in [7, 11) is -1.24. The molecule has 0 aliphatic heterocycles. The van der Waals surface area contributed by atoms with Crippen LogP contribution in [0.25, 0.3) is 0 Å². The number of carbonyl (C=O) groups is 2. The van der Waals surface area contributed by atoms with Gasteiger partial charge in [-0.2, -0.15) is 17.4 Å². The number of amides is 1. The first-order chi connectivity index (χ1) is 8.69. The molecule has 0 bridgehead atoms. The quantitative estimate of drug-likeness (QED) is 0.550. The first-order valence-electron chi connectivity index (χ1n) is 5.76. The topological polar surface area (TPSA) is 105 Å². The zero-order valence-electron chi connectivity index (χ0n) is 11.6. The smallest absolute Gasteiger partial charge is 0.306 e. The Morgan fingerprint density at radius 3 is 2.37 bits per heavy atom. The molecule has 0 aromatic heterocycles. The van der Waals surface area contributed by atoms with Gasteiger partial charge in [-0.15, -0.1) is 0 Å². The van der Waals surface area contributed by atoms with E-state index in [0.717, 1.165) is 4.31 Å². The Balaban J connectivity index is 4.23. The van der Waals surface area contributed by atoms with Crippen molar-refractivity contribution in [3.63, 3.8) is 0 Å². The van der Waals surface area contributed by atoms with Crippen LogP contribution in [0.2, 0.25) is 0 Å². The van der Waals surface area contributed by atoms with Crippen LogP contribution < -0.4 is 10.0 Å². The number of esters is 1. The lowest BCUT2D eigenvalue weighted by atomic mass is 10.4. The third-order valence-corrected chi connectivity index (χ3v) is 3.65. The predicted molar refractivity (Wildman–Crippen MR) is 69.5 cm³/mol. The van der Waals surface area contributed by atoms with E-state index < -0.39 is 22.1 Å². The fourth-order valence-corrected chi connectivity index (χ4v) is 1.98. The van der Waals surface area contributed by atoms with E-state index in [9.17, 15) is 18.0 Å². The van der Waals surface area contributed by atoms with Crippen molar-refractivity contribution in [1.82, 2.24) is 14.3 Å². The Morgan fingerprint density at radius 2 is 1.89 bits per heavy atom. The predicted octanol–water partition coefficient (Wildman–Crippen LogP) is -1.16. The molecule has 9 heteroatoms. The Bertz CT molecular complexity index is 407. The molecule has 0 unspecified atom stereocenters. The number of hydrogen-bond acceptors (Lipinski definition) is 5. The van der Waals surface area contributed by atoms with Crippen LogP contribution >= 0.6 is 0 Å². The van der Waals surface area contributed by atoms with Gasteiger partial charge in [0, 0.05) is 19.6 Å². The number of hydrogen-bond donors (Lipinski definition) is 2. The molecule has 0 aliphatic carbocycles. The summed E-state index contributed by atoms with van der Waals surface area (Å²) in [4.78, 5) is 22.2. The molecule has 2 N–H and O–H groups in total. The van der Waals surface area contributed by atoms with Gasteiger partial charge >= 0.3 is 5.97 Å². The molecule has 0 spiro atoms. The molecule has 0 rings (SSSR count). The van der Waals surface area contributed by atoms with Gasteiger partial charge in [0.15, 0.2) is 0 Å². The maximum atomic E-state index is 11.7. The van der Waals surface area contributed by atoms with E-state index in [1.807, 2.05) is 0 Å². The molecule has 8 nitrogen and oxygen atoms in total. The number of nitrogens with one attached hydrogen (secondary N) is 2. The minimum atomic E-state index is -3.78. The van der Waals surface area contributed by atoms with Crippen LogP contribution in [0.15, 0.2) is 0 Å². The molecule has 0 radical (unpaired) electrons. The van der Waals surface area contributed by atoms with Gasteiger partial charge in [0.2, 0.25) is 5.91 Å². The van der Waals surface area contributed by atoms with Crippen LogP contribution in [-0.4, -0.2) is 57.9 Å². The zero-order chi connectivity index (χ0) is 15.1. The standard InChI is InChI=1S/C10H21N3O5S/c1-8(2)12-9(14)7-11-19(16,17)13(3)6-5-10(15)18-4/h8,11H,5-7H2,1-4H3,(H,12,14). The van der Waals surface area contributed by atoms with Gasteiger partial charge in [0.25, 0.3) is 10.2 Å². The zero-order valence-corrected chi connectivity index (χ0v) is 12.4. The fraction of sp³-hybridized carbons (Fsp3) is 0.800. The molecule has 112 valence electrons. The Morgan fingerprint density at radius 1 is 1.32 bits per heavy atom. The molecule has 19 heavy (non-hydrogen) atoms. The summed E-state index contributed by atoms with van der Waals surface area (Å²) in [5, 5.41) is 2.56. The molecule has 0 fully saturated rings. The van der Waals surface area contributed by atoms with Crippen molar-refractivity contribution in [2.24, 2.45) is 0 Å². The summed E-state index contributed by atoms with van der Waals surface area (Å²) < 4.78 is 30.9. The maximum absolute atomic E-state index is 11.7. The monoisotopic (exact) mass is 295 g/mol. The van der Waals surface area contributed by atoms with Crippen LogP contribution in [0.3, 0.4) is 0 Å². The van der Waals surface area contributed by atoms with E-state index in [2.05, 4.69) is 14.8 Å². The summed E-state index contributed by atoms with van der Waals surface area (Å²) in [5.41, 5.74) is 0. The molecule has 0 atom stereocenters. The van der Waals surface area contributed by atoms with E-state index >= 15 is 0 Å². The SMILES string of the molecule is COC(=O)CCN(C)S(=O)(=O)NCC(=O)NC(C)C. The van der Waals surface area contributed by atoms with E-state index in [4.69, 9.17) is 0 Å². The fourth-order valence-electron chi connectivity index (χ4n) is 1.11. The van der Waals surface area contributed by atoms with Crippen molar-refractivity contribution < 1.29 is 22.7 Å². The number of carbonyl (C=O) groups excluding carboxylic acids is 2. The number of ether oxygens (including phenoxy) is 1. The van der Waals surface area contributed by atoms with E-state index in [1.165, 1.54) is 14.2 Å². The van der Waals surface area contributed by atoms with E-state index in [1.54, 1.807) is 13.8 Å². The molecule has 0 saturated heterocycles. The van der Waals surface area contributed by atoms with Crippen LogP contribution in [0, 0.1) is 0 Å². The molecular weight excluding hydrogens is 274 g/mol. The maximum Gasteiger partial charge on any atom is 0.306 e.